The summed E-state index contributed by atoms with van der Waals surface area (Å²) in [5.41, 5.74) is 1.61. The van der Waals surface area contributed by atoms with Crippen molar-refractivity contribution in [3.05, 3.63) is 48.3 Å². The number of hydrogen-bond acceptors (Lipinski definition) is 5. The van der Waals surface area contributed by atoms with Gasteiger partial charge in [0.2, 0.25) is 11.9 Å². The number of rotatable bonds is 4. The van der Waals surface area contributed by atoms with Crippen molar-refractivity contribution < 1.29 is 4.79 Å². The molecule has 1 saturated heterocycles. The molecule has 0 N–H and O–H groups in total. The third-order valence-electron chi connectivity index (χ3n) is 6.12. The molecule has 2 aromatic rings. The van der Waals surface area contributed by atoms with Gasteiger partial charge in [0, 0.05) is 57.7 Å². The van der Waals surface area contributed by atoms with Crippen LogP contribution in [-0.4, -0.2) is 60.5 Å². The third-order valence-corrected chi connectivity index (χ3v) is 6.12. The van der Waals surface area contributed by atoms with Crippen LogP contribution in [0.2, 0.25) is 0 Å². The van der Waals surface area contributed by atoms with Gasteiger partial charge in [0.1, 0.15) is 0 Å². The van der Waals surface area contributed by atoms with E-state index < -0.39 is 5.41 Å². The Labute approximate surface area is 172 Å². The van der Waals surface area contributed by atoms with E-state index >= 15 is 0 Å². The molecule has 1 amide bonds. The molecular formula is C23H27N5O. The van der Waals surface area contributed by atoms with E-state index in [1.165, 1.54) is 0 Å². The standard InChI is InChI=1S/C23H27N5O/c1-3-23(19-9-4-5-10-20(19)26(2)21(23)29)11-6-7-14-27-15-17-28(18-16-27)22-24-12-8-13-25-22/h4-5,8-10,12-13H,3,11,14-18H2,1-2H3. The highest BCUT2D eigenvalue weighted by Gasteiger charge is 2.47. The lowest BCUT2D eigenvalue weighted by atomic mass is 9.76. The largest absolute Gasteiger partial charge is 0.338 e. The van der Waals surface area contributed by atoms with Gasteiger partial charge in [-0.3, -0.25) is 9.69 Å². The first-order valence-corrected chi connectivity index (χ1v) is 10.2. The molecule has 6 heteroatoms. The number of hydrogen-bond donors (Lipinski definition) is 0. The lowest BCUT2D eigenvalue weighted by molar-refractivity contribution is -0.122. The Morgan fingerprint density at radius 2 is 1.76 bits per heavy atom. The number of carbonyl (C=O) groups excluding carboxylic acids is 1. The molecule has 0 aliphatic carbocycles. The summed E-state index contributed by atoms with van der Waals surface area (Å²) in [5.74, 6) is 7.60. The van der Waals surface area contributed by atoms with Crippen molar-refractivity contribution >= 4 is 17.5 Å². The number of piperazine rings is 1. The van der Waals surface area contributed by atoms with Crippen LogP contribution in [0.3, 0.4) is 0 Å². The quantitative estimate of drug-likeness (QED) is 0.751. The van der Waals surface area contributed by atoms with E-state index in [4.69, 9.17) is 0 Å². The molecule has 0 saturated carbocycles. The summed E-state index contributed by atoms with van der Waals surface area (Å²) in [7, 11) is 1.86. The molecule has 1 fully saturated rings. The number of para-hydroxylation sites is 1. The van der Waals surface area contributed by atoms with Crippen molar-refractivity contribution in [3.63, 3.8) is 0 Å². The zero-order chi connectivity index (χ0) is 20.3. The van der Waals surface area contributed by atoms with Gasteiger partial charge < -0.3 is 9.80 Å². The molecule has 1 aromatic carbocycles. The highest BCUT2D eigenvalue weighted by atomic mass is 16.2. The van der Waals surface area contributed by atoms with E-state index in [-0.39, 0.29) is 5.91 Å². The van der Waals surface area contributed by atoms with Crippen LogP contribution in [0.1, 0.15) is 25.3 Å². The van der Waals surface area contributed by atoms with Crippen molar-refractivity contribution in [2.75, 3.05) is 49.6 Å². The lowest BCUT2D eigenvalue weighted by Crippen LogP contribution is -2.47. The van der Waals surface area contributed by atoms with E-state index in [1.54, 1.807) is 17.3 Å². The van der Waals surface area contributed by atoms with Crippen molar-refractivity contribution in [1.82, 2.24) is 14.9 Å². The molecule has 2 aliphatic rings. The maximum absolute atomic E-state index is 13.0. The Bertz CT molecular complexity index is 927. The van der Waals surface area contributed by atoms with E-state index in [0.717, 1.165) is 56.3 Å². The minimum atomic E-state index is -0.512. The molecule has 1 aromatic heterocycles. The average molecular weight is 390 g/mol. The number of amides is 1. The maximum atomic E-state index is 13.0. The number of benzene rings is 1. The lowest BCUT2D eigenvalue weighted by Gasteiger charge is -2.33. The third kappa shape index (κ3) is 3.58. The molecular weight excluding hydrogens is 362 g/mol. The number of likely N-dealkylation sites (N-methyl/N-ethyl adjacent to an activating group) is 1. The number of nitrogens with zero attached hydrogens (tertiary/aromatic N) is 5. The number of aromatic nitrogens is 2. The molecule has 0 spiro atoms. The predicted molar refractivity (Wildman–Crippen MR) is 115 cm³/mol. The fourth-order valence-electron chi connectivity index (χ4n) is 4.30. The van der Waals surface area contributed by atoms with Gasteiger partial charge in [-0.2, -0.15) is 0 Å². The van der Waals surface area contributed by atoms with Crippen LogP contribution in [0.4, 0.5) is 11.6 Å². The summed E-state index contributed by atoms with van der Waals surface area (Å²) < 4.78 is 0. The van der Waals surface area contributed by atoms with E-state index in [0.29, 0.717) is 6.42 Å². The van der Waals surface area contributed by atoms with E-state index in [1.807, 2.05) is 31.3 Å². The molecule has 1 unspecified atom stereocenters. The monoisotopic (exact) mass is 389 g/mol. The van der Waals surface area contributed by atoms with E-state index in [2.05, 4.69) is 44.6 Å². The van der Waals surface area contributed by atoms with Crippen molar-refractivity contribution in [2.45, 2.75) is 25.2 Å². The summed E-state index contributed by atoms with van der Waals surface area (Å²) in [6.45, 7) is 6.50. The summed E-state index contributed by atoms with van der Waals surface area (Å²) in [6, 6.07) is 9.93. The first-order chi connectivity index (χ1) is 14.2. The molecule has 3 heterocycles. The van der Waals surface area contributed by atoms with Gasteiger partial charge in [-0.25, -0.2) is 9.97 Å². The van der Waals surface area contributed by atoms with Crippen LogP contribution in [0.25, 0.3) is 0 Å². The summed E-state index contributed by atoms with van der Waals surface area (Å²) in [4.78, 5) is 28.0. The van der Waals surface area contributed by atoms with Gasteiger partial charge in [-0.05, 0) is 24.1 Å². The van der Waals surface area contributed by atoms with Crippen molar-refractivity contribution in [3.8, 4) is 11.8 Å². The highest BCUT2D eigenvalue weighted by molar-refractivity contribution is 6.07. The summed E-state index contributed by atoms with van der Waals surface area (Å²) >= 11 is 0. The second kappa shape index (κ2) is 8.22. The Morgan fingerprint density at radius 3 is 2.48 bits per heavy atom. The van der Waals surface area contributed by atoms with Gasteiger partial charge in [0.15, 0.2) is 0 Å². The highest BCUT2D eigenvalue weighted by Crippen LogP contribution is 2.45. The van der Waals surface area contributed by atoms with Crippen molar-refractivity contribution in [2.24, 2.45) is 0 Å². The molecule has 29 heavy (non-hydrogen) atoms. The van der Waals surface area contributed by atoms with Gasteiger partial charge >= 0.3 is 0 Å². The van der Waals surface area contributed by atoms with Crippen LogP contribution in [0.15, 0.2) is 42.7 Å². The first-order valence-electron chi connectivity index (χ1n) is 10.2. The van der Waals surface area contributed by atoms with Crippen LogP contribution < -0.4 is 9.80 Å². The second-order valence-electron chi connectivity index (χ2n) is 7.66. The topological polar surface area (TPSA) is 52.6 Å². The van der Waals surface area contributed by atoms with Crippen LogP contribution in [0, 0.1) is 11.8 Å². The van der Waals surface area contributed by atoms with E-state index in [9.17, 15) is 4.79 Å². The number of fused-ring (bicyclic) bond motifs is 1. The van der Waals surface area contributed by atoms with Gasteiger partial charge in [0.25, 0.3) is 0 Å². The van der Waals surface area contributed by atoms with Gasteiger partial charge in [-0.1, -0.05) is 31.0 Å². The van der Waals surface area contributed by atoms with Gasteiger partial charge in [0.05, 0.1) is 12.0 Å². The minimum Gasteiger partial charge on any atom is -0.338 e. The Balaban J connectivity index is 1.37. The molecule has 4 rings (SSSR count). The number of anilines is 2. The fourth-order valence-corrected chi connectivity index (χ4v) is 4.30. The molecule has 150 valence electrons. The molecule has 0 radical (unpaired) electrons. The number of carbonyl (C=O) groups is 1. The second-order valence-corrected chi connectivity index (χ2v) is 7.66. The predicted octanol–water partition coefficient (Wildman–Crippen LogP) is 2.32. The first kappa shape index (κ1) is 19.4. The normalized spacial score (nSPS) is 21.7. The smallest absolute Gasteiger partial charge is 0.238 e. The molecule has 2 aliphatic heterocycles. The van der Waals surface area contributed by atoms with Crippen LogP contribution >= 0.6 is 0 Å². The van der Waals surface area contributed by atoms with Crippen LogP contribution in [-0.2, 0) is 10.2 Å². The fraction of sp³-hybridized carbons (Fsp3) is 0.435. The minimum absolute atomic E-state index is 0.159. The summed E-state index contributed by atoms with van der Waals surface area (Å²) in [5, 5.41) is 0. The van der Waals surface area contributed by atoms with Gasteiger partial charge in [-0.15, -0.1) is 5.92 Å². The van der Waals surface area contributed by atoms with Crippen LogP contribution in [0.5, 0.6) is 0 Å². The Kier molecular flexibility index (Phi) is 5.50. The maximum Gasteiger partial charge on any atom is 0.238 e. The molecule has 6 nitrogen and oxygen atoms in total. The Hall–Kier alpha value is -2.91. The SMILES string of the molecule is CCC1(CC#CCN2CCN(c3ncccn3)CC2)C(=O)N(C)c2ccccc21. The zero-order valence-corrected chi connectivity index (χ0v) is 17.1. The summed E-state index contributed by atoms with van der Waals surface area (Å²) in [6.07, 6.45) is 4.90. The van der Waals surface area contributed by atoms with Crippen molar-refractivity contribution in [1.29, 1.82) is 0 Å². The zero-order valence-electron chi connectivity index (χ0n) is 17.1. The molecule has 0 bridgehead atoms. The molecule has 1 atom stereocenters. The Morgan fingerprint density at radius 1 is 1.03 bits per heavy atom. The average Bonchev–Trinajstić information content (AvgIpc) is 3.00.